The van der Waals surface area contributed by atoms with Crippen LogP contribution in [0.1, 0.15) is 82.6 Å². The van der Waals surface area contributed by atoms with Crippen LogP contribution in [0.5, 0.6) is 5.75 Å². The summed E-state index contributed by atoms with van der Waals surface area (Å²) in [5, 5.41) is 0. The quantitative estimate of drug-likeness (QED) is 0.265. The summed E-state index contributed by atoms with van der Waals surface area (Å²) in [4.78, 5) is 12.6. The molecule has 0 spiro atoms. The Hall–Kier alpha value is -1.64. The third-order valence-corrected chi connectivity index (χ3v) is 8.67. The molecule has 1 aromatic rings. The third-order valence-electron chi connectivity index (χ3n) is 8.67. The summed E-state index contributed by atoms with van der Waals surface area (Å²) >= 11 is 0. The van der Waals surface area contributed by atoms with Crippen LogP contribution in [0.15, 0.2) is 30.9 Å². The standard InChI is InChI=1S/C28H39FO2/c1-3-4-5-20-7-8-25-17-24(14-13-23(25)16-20)21-9-11-22(12-10-21)28(30)31-26-15-6-19(2)27(29)18-26/h3,6,15,18,20-25H,1,4-5,7-14,16-17H2,2H3. The maximum Gasteiger partial charge on any atom is 0.314 e. The van der Waals surface area contributed by atoms with Gasteiger partial charge in [0.05, 0.1) is 5.92 Å². The molecule has 0 amide bonds. The molecule has 0 radical (unpaired) electrons. The number of allylic oxidation sites excluding steroid dienone is 1. The van der Waals surface area contributed by atoms with Crippen molar-refractivity contribution in [3.63, 3.8) is 0 Å². The summed E-state index contributed by atoms with van der Waals surface area (Å²) in [6.07, 6.45) is 17.2. The highest BCUT2D eigenvalue weighted by molar-refractivity contribution is 5.75. The molecule has 170 valence electrons. The van der Waals surface area contributed by atoms with Crippen LogP contribution >= 0.6 is 0 Å². The maximum absolute atomic E-state index is 13.7. The number of rotatable bonds is 6. The van der Waals surface area contributed by atoms with Crippen LogP contribution in [0, 0.1) is 48.2 Å². The molecule has 2 nitrogen and oxygen atoms in total. The van der Waals surface area contributed by atoms with E-state index in [1.807, 2.05) is 0 Å². The van der Waals surface area contributed by atoms with E-state index in [1.54, 1.807) is 19.1 Å². The molecular formula is C28H39FO2. The fourth-order valence-electron chi connectivity index (χ4n) is 6.73. The molecule has 3 fully saturated rings. The van der Waals surface area contributed by atoms with Crippen LogP contribution in [-0.4, -0.2) is 5.97 Å². The predicted molar refractivity (Wildman–Crippen MR) is 123 cm³/mol. The molecule has 3 aliphatic carbocycles. The van der Waals surface area contributed by atoms with Crippen molar-refractivity contribution in [2.75, 3.05) is 0 Å². The van der Waals surface area contributed by atoms with Gasteiger partial charge in [-0.2, -0.15) is 0 Å². The lowest BCUT2D eigenvalue weighted by molar-refractivity contribution is -0.140. The van der Waals surface area contributed by atoms with Crippen LogP contribution in [0.3, 0.4) is 0 Å². The van der Waals surface area contributed by atoms with E-state index in [4.69, 9.17) is 4.74 Å². The van der Waals surface area contributed by atoms with E-state index in [-0.39, 0.29) is 17.7 Å². The number of benzene rings is 1. The monoisotopic (exact) mass is 426 g/mol. The van der Waals surface area contributed by atoms with Gasteiger partial charge in [-0.1, -0.05) is 18.6 Å². The van der Waals surface area contributed by atoms with Crippen LogP contribution in [0.4, 0.5) is 4.39 Å². The molecular weight excluding hydrogens is 387 g/mol. The molecule has 4 atom stereocenters. The number of aryl methyl sites for hydroxylation is 1. The molecule has 0 aromatic heterocycles. The SMILES string of the molecule is C=CCCC1CCC2CC(C3CCC(C(=O)Oc4ccc(C)c(F)c4)CC3)CCC2C1. The lowest BCUT2D eigenvalue weighted by atomic mass is 9.60. The van der Waals surface area contributed by atoms with Gasteiger partial charge in [0.15, 0.2) is 0 Å². The average molecular weight is 427 g/mol. The van der Waals surface area contributed by atoms with Gasteiger partial charge in [-0.15, -0.1) is 6.58 Å². The third kappa shape index (κ3) is 5.59. The van der Waals surface area contributed by atoms with Crippen molar-refractivity contribution in [1.29, 1.82) is 0 Å². The smallest absolute Gasteiger partial charge is 0.314 e. The van der Waals surface area contributed by atoms with Crippen molar-refractivity contribution < 1.29 is 13.9 Å². The Morgan fingerprint density at radius 1 is 1.00 bits per heavy atom. The highest BCUT2D eigenvalue weighted by atomic mass is 19.1. The highest BCUT2D eigenvalue weighted by Crippen LogP contribution is 2.49. The number of esters is 1. The van der Waals surface area contributed by atoms with Gasteiger partial charge in [0, 0.05) is 6.07 Å². The Bertz CT molecular complexity index is 764. The zero-order valence-electron chi connectivity index (χ0n) is 19.2. The normalized spacial score (nSPS) is 33.4. The molecule has 0 N–H and O–H groups in total. The van der Waals surface area contributed by atoms with Crippen LogP contribution in [-0.2, 0) is 4.79 Å². The Balaban J connectivity index is 1.22. The topological polar surface area (TPSA) is 26.3 Å². The molecule has 0 bridgehead atoms. The maximum atomic E-state index is 13.7. The van der Waals surface area contributed by atoms with Gasteiger partial charge in [-0.3, -0.25) is 4.79 Å². The first-order chi connectivity index (χ1) is 15.0. The van der Waals surface area contributed by atoms with Gasteiger partial charge >= 0.3 is 5.97 Å². The Kier molecular flexibility index (Phi) is 7.51. The van der Waals surface area contributed by atoms with Gasteiger partial charge < -0.3 is 4.74 Å². The molecule has 3 aliphatic rings. The predicted octanol–water partition coefficient (Wildman–Crippen LogP) is 7.64. The highest BCUT2D eigenvalue weighted by Gasteiger charge is 2.39. The molecule has 3 heteroatoms. The lowest BCUT2D eigenvalue weighted by Gasteiger charge is -2.45. The largest absolute Gasteiger partial charge is 0.426 e. The Labute approximate surface area is 187 Å². The first-order valence-electron chi connectivity index (χ1n) is 12.6. The van der Waals surface area contributed by atoms with Crippen molar-refractivity contribution in [2.45, 2.75) is 84.0 Å². The molecule has 0 saturated heterocycles. The van der Waals surface area contributed by atoms with Crippen LogP contribution in [0.25, 0.3) is 0 Å². The minimum atomic E-state index is -0.320. The van der Waals surface area contributed by atoms with Crippen molar-refractivity contribution >= 4 is 5.97 Å². The minimum absolute atomic E-state index is 0.0303. The summed E-state index contributed by atoms with van der Waals surface area (Å²) in [6.45, 7) is 5.60. The molecule has 4 unspecified atom stereocenters. The average Bonchev–Trinajstić information content (AvgIpc) is 2.79. The van der Waals surface area contributed by atoms with Crippen molar-refractivity contribution in [2.24, 2.45) is 35.5 Å². The number of fused-ring (bicyclic) bond motifs is 1. The van der Waals surface area contributed by atoms with E-state index < -0.39 is 0 Å². The van der Waals surface area contributed by atoms with Crippen molar-refractivity contribution in [3.05, 3.63) is 42.2 Å². The number of hydrogen-bond acceptors (Lipinski definition) is 2. The van der Waals surface area contributed by atoms with E-state index in [9.17, 15) is 9.18 Å². The fraction of sp³-hybridized carbons (Fsp3) is 0.679. The minimum Gasteiger partial charge on any atom is -0.426 e. The lowest BCUT2D eigenvalue weighted by Crippen LogP contribution is -2.35. The zero-order valence-corrected chi connectivity index (χ0v) is 19.2. The van der Waals surface area contributed by atoms with E-state index in [2.05, 4.69) is 12.7 Å². The second kappa shape index (κ2) is 10.3. The molecule has 0 aliphatic heterocycles. The Morgan fingerprint density at radius 3 is 2.35 bits per heavy atom. The number of hydrogen-bond donors (Lipinski definition) is 0. The summed E-state index contributed by atoms with van der Waals surface area (Å²) < 4.78 is 19.2. The van der Waals surface area contributed by atoms with Gasteiger partial charge in [0.25, 0.3) is 0 Å². The van der Waals surface area contributed by atoms with Crippen LogP contribution in [0.2, 0.25) is 0 Å². The zero-order chi connectivity index (χ0) is 21.8. The molecule has 1 aromatic carbocycles. The fourth-order valence-corrected chi connectivity index (χ4v) is 6.73. The first kappa shape index (κ1) is 22.6. The van der Waals surface area contributed by atoms with Gasteiger partial charge in [-0.05, 0) is 119 Å². The van der Waals surface area contributed by atoms with Crippen molar-refractivity contribution in [1.82, 2.24) is 0 Å². The summed E-state index contributed by atoms with van der Waals surface area (Å²) in [6, 6.07) is 4.67. The Morgan fingerprint density at radius 2 is 1.65 bits per heavy atom. The molecule has 4 rings (SSSR count). The van der Waals surface area contributed by atoms with Crippen LogP contribution < -0.4 is 4.74 Å². The summed E-state index contributed by atoms with van der Waals surface area (Å²) in [7, 11) is 0. The number of halogens is 1. The second-order valence-electron chi connectivity index (χ2n) is 10.6. The molecule has 0 heterocycles. The number of carbonyl (C=O) groups excluding carboxylic acids is 1. The van der Waals surface area contributed by atoms with Gasteiger partial charge in [0.1, 0.15) is 11.6 Å². The molecule has 31 heavy (non-hydrogen) atoms. The second-order valence-corrected chi connectivity index (χ2v) is 10.6. The van der Waals surface area contributed by atoms with Crippen molar-refractivity contribution in [3.8, 4) is 5.75 Å². The first-order valence-corrected chi connectivity index (χ1v) is 12.6. The summed E-state index contributed by atoms with van der Waals surface area (Å²) in [5.74, 6) is 4.27. The van der Waals surface area contributed by atoms with E-state index >= 15 is 0 Å². The number of ether oxygens (including phenoxy) is 1. The molecule has 3 saturated carbocycles. The van der Waals surface area contributed by atoms with Gasteiger partial charge in [-0.25, -0.2) is 4.39 Å². The number of carbonyl (C=O) groups is 1. The van der Waals surface area contributed by atoms with E-state index in [0.717, 1.165) is 55.3 Å². The van der Waals surface area contributed by atoms with E-state index in [1.165, 1.54) is 57.4 Å². The van der Waals surface area contributed by atoms with Gasteiger partial charge in [0.2, 0.25) is 0 Å². The van der Waals surface area contributed by atoms with E-state index in [0.29, 0.717) is 11.3 Å². The summed E-state index contributed by atoms with van der Waals surface area (Å²) in [5.41, 5.74) is 0.570.